The number of allylic oxidation sites excluding steroid dienone is 1. The summed E-state index contributed by atoms with van der Waals surface area (Å²) < 4.78 is 11.3. The maximum absolute atomic E-state index is 11.3. The van der Waals surface area contributed by atoms with E-state index in [0.29, 0.717) is 5.92 Å². The molecule has 0 aromatic heterocycles. The first-order chi connectivity index (χ1) is 4.33. The van der Waals surface area contributed by atoms with Gasteiger partial charge in [0.2, 0.25) is 0 Å². The zero-order valence-electron chi connectivity index (χ0n) is 7.51. The molecule has 0 aliphatic rings. The normalized spacial score (nSPS) is 14.4. The van der Waals surface area contributed by atoms with E-state index in [1.54, 1.807) is 13.3 Å². The second-order valence-electron chi connectivity index (χ2n) is 3.46. The van der Waals surface area contributed by atoms with Crippen molar-refractivity contribution in [2.75, 3.05) is 13.3 Å². The fourth-order valence-electron chi connectivity index (χ4n) is 0.639. The summed E-state index contributed by atoms with van der Waals surface area (Å²) in [7, 11) is -1.94. The van der Waals surface area contributed by atoms with E-state index in [-0.39, 0.29) is 0 Å². The summed E-state index contributed by atoms with van der Waals surface area (Å²) >= 11 is 0. The van der Waals surface area contributed by atoms with Crippen molar-refractivity contribution in [2.24, 2.45) is 5.92 Å². The van der Waals surface area contributed by atoms with E-state index in [9.17, 15) is 4.57 Å². The van der Waals surface area contributed by atoms with Gasteiger partial charge in [-0.05, 0) is 32.0 Å². The standard InChI is InChI=1S/C8H17OP/c1-7(2)8(3)6-10(4,5)9/h6-7H,1-5H3. The van der Waals surface area contributed by atoms with E-state index in [1.165, 1.54) is 5.57 Å². The predicted molar refractivity (Wildman–Crippen MR) is 48.0 cm³/mol. The van der Waals surface area contributed by atoms with Gasteiger partial charge in [-0.3, -0.25) is 0 Å². The van der Waals surface area contributed by atoms with Crippen molar-refractivity contribution in [1.29, 1.82) is 0 Å². The molecule has 0 bridgehead atoms. The van der Waals surface area contributed by atoms with E-state index < -0.39 is 7.14 Å². The van der Waals surface area contributed by atoms with Crippen LogP contribution in [0.15, 0.2) is 11.4 Å². The van der Waals surface area contributed by atoms with Gasteiger partial charge in [0.25, 0.3) is 0 Å². The molecule has 0 saturated carbocycles. The molecular weight excluding hydrogens is 143 g/mol. The highest BCUT2D eigenvalue weighted by Crippen LogP contribution is 2.39. The van der Waals surface area contributed by atoms with E-state index in [4.69, 9.17) is 0 Å². The molecule has 1 nitrogen and oxygen atoms in total. The molecule has 0 spiro atoms. The van der Waals surface area contributed by atoms with Crippen molar-refractivity contribution in [3.8, 4) is 0 Å². The second kappa shape index (κ2) is 3.39. The number of hydrogen-bond donors (Lipinski definition) is 0. The van der Waals surface area contributed by atoms with Crippen molar-refractivity contribution >= 4 is 7.14 Å². The van der Waals surface area contributed by atoms with Gasteiger partial charge in [0.05, 0.1) is 0 Å². The summed E-state index contributed by atoms with van der Waals surface area (Å²) in [5.41, 5.74) is 1.23. The fraction of sp³-hybridized carbons (Fsp3) is 0.750. The van der Waals surface area contributed by atoms with Gasteiger partial charge >= 0.3 is 0 Å². The molecule has 0 rings (SSSR count). The molecule has 10 heavy (non-hydrogen) atoms. The summed E-state index contributed by atoms with van der Waals surface area (Å²) in [6.07, 6.45) is 0. The van der Waals surface area contributed by atoms with Crippen LogP contribution < -0.4 is 0 Å². The first-order valence-electron chi connectivity index (χ1n) is 3.57. The van der Waals surface area contributed by atoms with E-state index in [2.05, 4.69) is 13.8 Å². The van der Waals surface area contributed by atoms with Gasteiger partial charge in [-0.2, -0.15) is 0 Å². The van der Waals surface area contributed by atoms with Gasteiger partial charge in [-0.15, -0.1) is 0 Å². The van der Waals surface area contributed by atoms with Crippen LogP contribution in [0.3, 0.4) is 0 Å². The Morgan fingerprint density at radius 2 is 1.80 bits per heavy atom. The summed E-state index contributed by atoms with van der Waals surface area (Å²) in [4.78, 5) is 0. The molecule has 0 N–H and O–H groups in total. The molecule has 0 aliphatic carbocycles. The van der Waals surface area contributed by atoms with Crippen molar-refractivity contribution in [2.45, 2.75) is 20.8 Å². The van der Waals surface area contributed by atoms with Crippen LogP contribution >= 0.6 is 7.14 Å². The molecule has 0 atom stereocenters. The molecule has 2 heteroatoms. The van der Waals surface area contributed by atoms with Gasteiger partial charge in [0.15, 0.2) is 0 Å². The monoisotopic (exact) mass is 160 g/mol. The van der Waals surface area contributed by atoms with Gasteiger partial charge in [-0.25, -0.2) is 0 Å². The smallest absolute Gasteiger partial charge is 0.102 e. The van der Waals surface area contributed by atoms with Gasteiger partial charge in [-0.1, -0.05) is 19.4 Å². The van der Waals surface area contributed by atoms with Crippen LogP contribution in [-0.2, 0) is 4.57 Å². The molecule has 0 aliphatic heterocycles. The fourth-order valence-corrected chi connectivity index (χ4v) is 1.92. The Balaban J connectivity index is 4.33. The average Bonchev–Trinajstić information content (AvgIpc) is 1.60. The van der Waals surface area contributed by atoms with Crippen molar-refractivity contribution in [3.63, 3.8) is 0 Å². The van der Waals surface area contributed by atoms with Crippen LogP contribution in [0.25, 0.3) is 0 Å². The minimum atomic E-state index is -1.94. The minimum Gasteiger partial charge on any atom is -0.320 e. The van der Waals surface area contributed by atoms with Gasteiger partial charge in [0, 0.05) is 0 Å². The Morgan fingerprint density at radius 3 is 1.90 bits per heavy atom. The molecule has 0 amide bonds. The lowest BCUT2D eigenvalue weighted by atomic mass is 10.1. The van der Waals surface area contributed by atoms with Crippen LogP contribution in [0.2, 0.25) is 0 Å². The van der Waals surface area contributed by atoms with E-state index in [0.717, 1.165) is 0 Å². The number of hydrogen-bond acceptors (Lipinski definition) is 1. The van der Waals surface area contributed by atoms with Crippen molar-refractivity contribution in [1.82, 2.24) is 0 Å². The summed E-state index contributed by atoms with van der Waals surface area (Å²) in [5.74, 6) is 2.42. The van der Waals surface area contributed by atoms with E-state index >= 15 is 0 Å². The van der Waals surface area contributed by atoms with Crippen LogP contribution in [-0.4, -0.2) is 13.3 Å². The topological polar surface area (TPSA) is 17.1 Å². The molecule has 0 aromatic carbocycles. The third-order valence-electron chi connectivity index (χ3n) is 1.43. The maximum Gasteiger partial charge on any atom is 0.102 e. The molecule has 0 radical (unpaired) electrons. The minimum absolute atomic E-state index is 0.522. The third-order valence-corrected chi connectivity index (χ3v) is 2.45. The molecular formula is C8H17OP. The van der Waals surface area contributed by atoms with Gasteiger partial charge in [0.1, 0.15) is 7.14 Å². The Morgan fingerprint density at radius 1 is 1.40 bits per heavy atom. The summed E-state index contributed by atoms with van der Waals surface area (Å²) in [5, 5.41) is 0. The Labute approximate surface area is 63.9 Å². The molecule has 0 heterocycles. The van der Waals surface area contributed by atoms with Crippen molar-refractivity contribution in [3.05, 3.63) is 11.4 Å². The highest BCUT2D eigenvalue weighted by Gasteiger charge is 2.04. The van der Waals surface area contributed by atoms with Crippen LogP contribution in [0.5, 0.6) is 0 Å². The number of rotatable bonds is 2. The Kier molecular flexibility index (Phi) is 3.38. The third kappa shape index (κ3) is 4.81. The summed E-state index contributed by atoms with van der Waals surface area (Å²) in [6, 6.07) is 0. The Hall–Kier alpha value is -0.0300. The Bertz CT molecular complexity index is 174. The van der Waals surface area contributed by atoms with Crippen LogP contribution in [0.4, 0.5) is 0 Å². The molecule has 60 valence electrons. The summed E-state index contributed by atoms with van der Waals surface area (Å²) in [6.45, 7) is 9.84. The van der Waals surface area contributed by atoms with Crippen LogP contribution in [0.1, 0.15) is 20.8 Å². The lowest BCUT2D eigenvalue weighted by molar-refractivity contribution is 0.587. The first-order valence-corrected chi connectivity index (χ1v) is 6.24. The largest absolute Gasteiger partial charge is 0.320 e. The molecule has 0 unspecified atom stereocenters. The second-order valence-corrected chi connectivity index (χ2v) is 6.59. The van der Waals surface area contributed by atoms with Crippen LogP contribution in [0, 0.1) is 5.92 Å². The van der Waals surface area contributed by atoms with Crippen molar-refractivity contribution < 1.29 is 4.57 Å². The highest BCUT2D eigenvalue weighted by atomic mass is 31.2. The maximum atomic E-state index is 11.3. The average molecular weight is 160 g/mol. The van der Waals surface area contributed by atoms with E-state index in [1.807, 2.05) is 12.7 Å². The molecule has 0 aromatic rings. The highest BCUT2D eigenvalue weighted by molar-refractivity contribution is 7.65. The zero-order chi connectivity index (χ0) is 8.36. The lowest BCUT2D eigenvalue weighted by Crippen LogP contribution is -1.87. The van der Waals surface area contributed by atoms with Gasteiger partial charge < -0.3 is 4.57 Å². The lowest BCUT2D eigenvalue weighted by Gasteiger charge is -2.06. The predicted octanol–water partition coefficient (Wildman–Crippen LogP) is 3.17. The quantitative estimate of drug-likeness (QED) is 0.567. The first kappa shape index (κ1) is 9.97. The zero-order valence-corrected chi connectivity index (χ0v) is 8.40. The molecule has 0 fully saturated rings. The SMILES string of the molecule is CC(=CP(C)(C)=O)C(C)C. The molecule has 0 saturated heterocycles.